The first-order chi connectivity index (χ1) is 12.1. The first-order valence-electron chi connectivity index (χ1n) is 7.63. The van der Waals surface area contributed by atoms with Crippen LogP contribution >= 0.6 is 12.2 Å². The van der Waals surface area contributed by atoms with Crippen molar-refractivity contribution in [2.75, 3.05) is 0 Å². The molecule has 0 amide bonds. The van der Waals surface area contributed by atoms with Crippen molar-refractivity contribution in [1.82, 2.24) is 14.6 Å². The molecule has 0 fully saturated rings. The van der Waals surface area contributed by atoms with E-state index in [-0.39, 0.29) is 10.8 Å². The van der Waals surface area contributed by atoms with E-state index in [4.69, 9.17) is 18.0 Å². The first kappa shape index (κ1) is 15.4. The highest BCUT2D eigenvalue weighted by molar-refractivity contribution is 7.80. The van der Waals surface area contributed by atoms with E-state index < -0.39 is 0 Å². The summed E-state index contributed by atoms with van der Waals surface area (Å²) in [7, 11) is 0. The van der Waals surface area contributed by atoms with E-state index >= 15 is 0 Å². The lowest BCUT2D eigenvalue weighted by Gasteiger charge is -2.06. The molecule has 0 aliphatic carbocycles. The Bertz CT molecular complexity index is 1070. The summed E-state index contributed by atoms with van der Waals surface area (Å²) < 4.78 is 14.8. The topological polar surface area (TPSA) is 56.2 Å². The van der Waals surface area contributed by atoms with Gasteiger partial charge in [-0.05, 0) is 35.9 Å². The van der Waals surface area contributed by atoms with E-state index in [2.05, 4.69) is 10.1 Å². The fraction of sp³-hybridized carbons (Fsp3) is 0. The second kappa shape index (κ2) is 6.07. The van der Waals surface area contributed by atoms with Gasteiger partial charge in [-0.1, -0.05) is 42.5 Å². The Morgan fingerprint density at radius 2 is 1.68 bits per heavy atom. The van der Waals surface area contributed by atoms with Crippen LogP contribution in [0.25, 0.3) is 28.2 Å². The lowest BCUT2D eigenvalue weighted by atomic mass is 10.1. The van der Waals surface area contributed by atoms with E-state index in [1.165, 1.54) is 12.1 Å². The molecule has 0 spiro atoms. The van der Waals surface area contributed by atoms with E-state index in [1.54, 1.807) is 16.6 Å². The third kappa shape index (κ3) is 2.88. The van der Waals surface area contributed by atoms with Gasteiger partial charge >= 0.3 is 0 Å². The highest BCUT2D eigenvalue weighted by Crippen LogP contribution is 2.24. The molecule has 2 N–H and O–H groups in total. The van der Waals surface area contributed by atoms with E-state index in [9.17, 15) is 4.39 Å². The van der Waals surface area contributed by atoms with Gasteiger partial charge in [0.25, 0.3) is 0 Å². The van der Waals surface area contributed by atoms with Gasteiger partial charge in [0.2, 0.25) is 0 Å². The largest absolute Gasteiger partial charge is 0.389 e. The maximum Gasteiger partial charge on any atom is 0.182 e. The van der Waals surface area contributed by atoms with Crippen LogP contribution in [0, 0.1) is 5.82 Å². The summed E-state index contributed by atoms with van der Waals surface area (Å²) in [6.07, 6.45) is 1.88. The third-order valence-corrected chi connectivity index (χ3v) is 4.13. The molecule has 0 radical (unpaired) electrons. The molecule has 0 aliphatic rings. The molecule has 0 aliphatic heterocycles. The molecule has 0 bridgehead atoms. The Morgan fingerprint density at radius 1 is 0.960 bits per heavy atom. The van der Waals surface area contributed by atoms with Gasteiger partial charge in [-0.2, -0.15) is 0 Å². The standard InChI is InChI=1S/C19H13FN4S/c20-15-8-6-13(7-9-15)18-22-19-16(17(21)25)10-14(11-24(19)23-18)12-4-2-1-3-5-12/h1-11H,(H2,21,25). The second-order valence-corrected chi connectivity index (χ2v) is 6.02. The van der Waals surface area contributed by atoms with Gasteiger partial charge in [-0.3, -0.25) is 0 Å². The normalized spacial score (nSPS) is 10.9. The molecule has 2 heterocycles. The predicted octanol–water partition coefficient (Wildman–Crippen LogP) is 3.84. The van der Waals surface area contributed by atoms with Crippen molar-refractivity contribution >= 4 is 22.9 Å². The number of rotatable bonds is 3. The summed E-state index contributed by atoms with van der Waals surface area (Å²) in [5.74, 6) is 0.186. The number of thiocarbonyl (C=S) groups is 1. The van der Waals surface area contributed by atoms with Crippen LogP contribution in [0.4, 0.5) is 4.39 Å². The first-order valence-corrected chi connectivity index (χ1v) is 8.04. The fourth-order valence-electron chi connectivity index (χ4n) is 2.68. The SMILES string of the molecule is NC(=S)c1cc(-c2ccccc2)cn2nc(-c3ccc(F)cc3)nc12. The predicted molar refractivity (Wildman–Crippen MR) is 99.7 cm³/mol. The molecule has 25 heavy (non-hydrogen) atoms. The van der Waals surface area contributed by atoms with Gasteiger partial charge in [-0.15, -0.1) is 5.10 Å². The number of halogens is 1. The van der Waals surface area contributed by atoms with Crippen molar-refractivity contribution in [2.45, 2.75) is 0 Å². The molecule has 2 aromatic heterocycles. The smallest absolute Gasteiger partial charge is 0.182 e. The number of aromatic nitrogens is 3. The van der Waals surface area contributed by atoms with E-state index in [0.29, 0.717) is 17.0 Å². The van der Waals surface area contributed by atoms with Gasteiger partial charge in [-0.25, -0.2) is 13.9 Å². The van der Waals surface area contributed by atoms with Gasteiger partial charge in [0.1, 0.15) is 10.8 Å². The number of benzene rings is 2. The van der Waals surface area contributed by atoms with Crippen molar-refractivity contribution in [3.63, 3.8) is 0 Å². The van der Waals surface area contributed by atoms with Gasteiger partial charge in [0, 0.05) is 17.3 Å². The highest BCUT2D eigenvalue weighted by atomic mass is 32.1. The van der Waals surface area contributed by atoms with Crippen LogP contribution in [0.1, 0.15) is 5.56 Å². The molecule has 0 atom stereocenters. The van der Waals surface area contributed by atoms with Crippen LogP contribution in [0.3, 0.4) is 0 Å². The molecule has 6 heteroatoms. The number of nitrogens with two attached hydrogens (primary N) is 1. The van der Waals surface area contributed by atoms with Crippen LogP contribution in [0.5, 0.6) is 0 Å². The van der Waals surface area contributed by atoms with Gasteiger partial charge in [0.05, 0.1) is 5.56 Å². The molecule has 2 aromatic carbocycles. The minimum atomic E-state index is -0.303. The number of hydrogen-bond donors (Lipinski definition) is 1. The van der Waals surface area contributed by atoms with Crippen LogP contribution in [-0.4, -0.2) is 19.6 Å². The Morgan fingerprint density at radius 3 is 2.36 bits per heavy atom. The van der Waals surface area contributed by atoms with Crippen molar-refractivity contribution in [1.29, 1.82) is 0 Å². The average molecular weight is 348 g/mol. The van der Waals surface area contributed by atoms with Crippen LogP contribution in [0.2, 0.25) is 0 Å². The zero-order valence-electron chi connectivity index (χ0n) is 13.1. The monoisotopic (exact) mass is 348 g/mol. The zero-order chi connectivity index (χ0) is 17.4. The highest BCUT2D eigenvalue weighted by Gasteiger charge is 2.14. The summed E-state index contributed by atoms with van der Waals surface area (Å²) in [5.41, 5.74) is 9.81. The van der Waals surface area contributed by atoms with Crippen molar-refractivity contribution in [2.24, 2.45) is 5.73 Å². The van der Waals surface area contributed by atoms with Gasteiger partial charge in [0.15, 0.2) is 11.5 Å². The summed E-state index contributed by atoms with van der Waals surface area (Å²) in [4.78, 5) is 4.78. The summed E-state index contributed by atoms with van der Waals surface area (Å²) >= 11 is 5.19. The molecule has 122 valence electrons. The quantitative estimate of drug-likeness (QED) is 0.572. The fourth-order valence-corrected chi connectivity index (χ4v) is 2.83. The van der Waals surface area contributed by atoms with Crippen LogP contribution in [0.15, 0.2) is 66.9 Å². The Labute approximate surface area is 148 Å². The number of hydrogen-bond acceptors (Lipinski definition) is 3. The molecule has 4 rings (SSSR count). The summed E-state index contributed by atoms with van der Waals surface area (Å²) in [6, 6.07) is 17.8. The second-order valence-electron chi connectivity index (χ2n) is 5.58. The van der Waals surface area contributed by atoms with Gasteiger partial charge < -0.3 is 5.73 Å². The third-order valence-electron chi connectivity index (χ3n) is 3.91. The Balaban J connectivity index is 1.92. The zero-order valence-corrected chi connectivity index (χ0v) is 13.9. The minimum Gasteiger partial charge on any atom is -0.389 e. The van der Waals surface area contributed by atoms with E-state index in [0.717, 1.165) is 16.7 Å². The Kier molecular flexibility index (Phi) is 3.74. The summed E-state index contributed by atoms with van der Waals surface area (Å²) in [5, 5.41) is 4.51. The maximum atomic E-state index is 13.1. The molecule has 0 saturated heterocycles. The maximum absolute atomic E-state index is 13.1. The van der Waals surface area contributed by atoms with Crippen molar-refractivity contribution < 1.29 is 4.39 Å². The van der Waals surface area contributed by atoms with Crippen LogP contribution < -0.4 is 5.73 Å². The van der Waals surface area contributed by atoms with Crippen molar-refractivity contribution in [3.05, 3.63) is 78.2 Å². The molecular formula is C19H13FN4S. The lowest BCUT2D eigenvalue weighted by molar-refractivity contribution is 0.628. The molecular weight excluding hydrogens is 335 g/mol. The minimum absolute atomic E-state index is 0.251. The van der Waals surface area contributed by atoms with Crippen molar-refractivity contribution in [3.8, 4) is 22.5 Å². The number of fused-ring (bicyclic) bond motifs is 1. The Hall–Kier alpha value is -3.12. The number of nitrogens with zero attached hydrogens (tertiary/aromatic N) is 3. The summed E-state index contributed by atoms with van der Waals surface area (Å²) in [6.45, 7) is 0. The average Bonchev–Trinajstić information content (AvgIpc) is 3.06. The molecule has 0 saturated carbocycles. The number of pyridine rings is 1. The molecule has 4 nitrogen and oxygen atoms in total. The van der Waals surface area contributed by atoms with E-state index in [1.807, 2.05) is 42.6 Å². The van der Waals surface area contributed by atoms with Crippen LogP contribution in [-0.2, 0) is 0 Å². The molecule has 0 unspecified atom stereocenters. The lowest BCUT2D eigenvalue weighted by Crippen LogP contribution is -2.11. The molecule has 4 aromatic rings.